The van der Waals surface area contributed by atoms with E-state index in [4.69, 9.17) is 4.74 Å². The minimum absolute atomic E-state index is 0.0813. The third kappa shape index (κ3) is 4.24. The van der Waals surface area contributed by atoms with Crippen molar-refractivity contribution >= 4 is 17.3 Å². The molecule has 3 unspecified atom stereocenters. The van der Waals surface area contributed by atoms with Crippen LogP contribution in [0.1, 0.15) is 33.6 Å². The number of nitrogens with zero attached hydrogens (tertiary/aromatic N) is 2. The number of amides is 1. The number of hydrogen-bond donors (Lipinski definition) is 1. The maximum Gasteiger partial charge on any atom is 0.244 e. The summed E-state index contributed by atoms with van der Waals surface area (Å²) in [4.78, 5) is 16.3. The number of benzene rings is 1. The maximum absolute atomic E-state index is 14.6. The number of rotatable bonds is 4. The Balaban J connectivity index is 1.66. The van der Waals surface area contributed by atoms with Crippen LogP contribution in [0.25, 0.3) is 0 Å². The molecule has 2 aliphatic heterocycles. The van der Waals surface area contributed by atoms with E-state index in [1.54, 1.807) is 6.07 Å². The average Bonchev–Trinajstić information content (AvgIpc) is 3.07. The summed E-state index contributed by atoms with van der Waals surface area (Å²) in [7, 11) is 0. The van der Waals surface area contributed by atoms with Gasteiger partial charge in [-0.05, 0) is 51.8 Å². The number of morpholine rings is 1. The molecule has 0 saturated carbocycles. The second-order valence-corrected chi connectivity index (χ2v) is 7.23. The molecular formula is C19H28FN3O2. The van der Waals surface area contributed by atoms with E-state index in [1.165, 1.54) is 6.07 Å². The summed E-state index contributed by atoms with van der Waals surface area (Å²) in [6.45, 7) is 8.84. The molecule has 25 heavy (non-hydrogen) atoms. The van der Waals surface area contributed by atoms with E-state index >= 15 is 0 Å². The molecule has 2 aliphatic rings. The fraction of sp³-hybridized carbons (Fsp3) is 0.632. The molecule has 3 atom stereocenters. The number of carbonyl (C=O) groups is 1. The normalized spacial score (nSPS) is 25.1. The monoisotopic (exact) mass is 349 g/mol. The van der Waals surface area contributed by atoms with E-state index in [1.807, 2.05) is 36.6 Å². The average molecular weight is 349 g/mol. The summed E-state index contributed by atoms with van der Waals surface area (Å²) in [6, 6.07) is 4.76. The standard InChI is InChI=1S/C19H28FN3O2/c1-13-11-23(12-14(2)25-13)18-7-6-16(10-17(18)20)21-15(3)19(24)22-8-4-5-9-22/h6-7,10,13-15,21H,4-5,8-9,11-12H2,1-3H3. The van der Waals surface area contributed by atoms with Crippen LogP contribution in [-0.4, -0.2) is 55.2 Å². The number of nitrogens with one attached hydrogen (secondary N) is 1. The van der Waals surface area contributed by atoms with Gasteiger partial charge < -0.3 is 19.9 Å². The number of likely N-dealkylation sites (tertiary alicyclic amines) is 1. The number of anilines is 2. The van der Waals surface area contributed by atoms with Gasteiger partial charge in [0.15, 0.2) is 0 Å². The van der Waals surface area contributed by atoms with Crippen molar-refractivity contribution in [3.8, 4) is 0 Å². The molecule has 3 rings (SSSR count). The first kappa shape index (κ1) is 18.0. The zero-order valence-corrected chi connectivity index (χ0v) is 15.3. The molecular weight excluding hydrogens is 321 g/mol. The van der Waals surface area contributed by atoms with Crippen molar-refractivity contribution in [2.45, 2.75) is 51.9 Å². The van der Waals surface area contributed by atoms with Gasteiger partial charge in [0.1, 0.15) is 11.9 Å². The van der Waals surface area contributed by atoms with Gasteiger partial charge in [-0.1, -0.05) is 0 Å². The molecule has 6 heteroatoms. The highest BCUT2D eigenvalue weighted by atomic mass is 19.1. The quantitative estimate of drug-likeness (QED) is 0.908. The molecule has 0 bridgehead atoms. The van der Waals surface area contributed by atoms with Crippen molar-refractivity contribution in [1.29, 1.82) is 0 Å². The topological polar surface area (TPSA) is 44.8 Å². The fourth-order valence-electron chi connectivity index (χ4n) is 3.75. The third-order valence-electron chi connectivity index (χ3n) is 4.88. The molecule has 0 radical (unpaired) electrons. The summed E-state index contributed by atoms with van der Waals surface area (Å²) in [5, 5.41) is 3.13. The summed E-state index contributed by atoms with van der Waals surface area (Å²) in [5.74, 6) is -0.190. The van der Waals surface area contributed by atoms with Gasteiger partial charge in [-0.3, -0.25) is 4.79 Å². The first-order chi connectivity index (χ1) is 11.9. The SMILES string of the molecule is CC1CN(c2ccc(NC(C)C(=O)N3CCCC3)cc2F)CC(C)O1. The van der Waals surface area contributed by atoms with E-state index < -0.39 is 0 Å². The van der Waals surface area contributed by atoms with Gasteiger partial charge >= 0.3 is 0 Å². The van der Waals surface area contributed by atoms with Crippen molar-refractivity contribution < 1.29 is 13.9 Å². The van der Waals surface area contributed by atoms with Crippen LogP contribution in [0.5, 0.6) is 0 Å². The Morgan fingerprint density at radius 2 is 1.88 bits per heavy atom. The molecule has 1 aromatic rings. The highest BCUT2D eigenvalue weighted by Crippen LogP contribution is 2.26. The highest BCUT2D eigenvalue weighted by Gasteiger charge is 2.25. The summed E-state index contributed by atoms with van der Waals surface area (Å²) < 4.78 is 20.3. The highest BCUT2D eigenvalue weighted by molar-refractivity contribution is 5.84. The molecule has 138 valence electrons. The minimum Gasteiger partial charge on any atom is -0.374 e. The van der Waals surface area contributed by atoms with E-state index in [0.29, 0.717) is 24.5 Å². The van der Waals surface area contributed by atoms with E-state index in [9.17, 15) is 9.18 Å². The lowest BCUT2D eigenvalue weighted by molar-refractivity contribution is -0.130. The van der Waals surface area contributed by atoms with E-state index in [0.717, 1.165) is 25.9 Å². The van der Waals surface area contributed by atoms with Crippen molar-refractivity contribution in [2.75, 3.05) is 36.4 Å². The molecule has 0 aliphatic carbocycles. The number of hydrogen-bond acceptors (Lipinski definition) is 4. The molecule has 5 nitrogen and oxygen atoms in total. The van der Waals surface area contributed by atoms with Crippen LogP contribution in [0.15, 0.2) is 18.2 Å². The van der Waals surface area contributed by atoms with Gasteiger partial charge in [0.2, 0.25) is 5.91 Å². The largest absolute Gasteiger partial charge is 0.374 e. The Labute approximate surface area is 149 Å². The summed E-state index contributed by atoms with van der Waals surface area (Å²) in [5.41, 5.74) is 1.22. The molecule has 0 aromatic heterocycles. The predicted molar refractivity (Wildman–Crippen MR) is 97.5 cm³/mol. The molecule has 1 N–H and O–H groups in total. The van der Waals surface area contributed by atoms with Crippen molar-refractivity contribution in [3.63, 3.8) is 0 Å². The van der Waals surface area contributed by atoms with Crippen LogP contribution < -0.4 is 10.2 Å². The van der Waals surface area contributed by atoms with Crippen molar-refractivity contribution in [3.05, 3.63) is 24.0 Å². The van der Waals surface area contributed by atoms with Gasteiger partial charge in [0.05, 0.1) is 17.9 Å². The van der Waals surface area contributed by atoms with Crippen LogP contribution in [0.4, 0.5) is 15.8 Å². The number of halogens is 1. The fourth-order valence-corrected chi connectivity index (χ4v) is 3.75. The third-order valence-corrected chi connectivity index (χ3v) is 4.88. The van der Waals surface area contributed by atoms with E-state index in [-0.39, 0.29) is 30.0 Å². The Bertz CT molecular complexity index is 609. The first-order valence-electron chi connectivity index (χ1n) is 9.19. The maximum atomic E-state index is 14.6. The van der Waals surface area contributed by atoms with Crippen molar-refractivity contribution in [2.24, 2.45) is 0 Å². The second kappa shape index (κ2) is 7.60. The smallest absolute Gasteiger partial charge is 0.244 e. The van der Waals surface area contributed by atoms with Crippen LogP contribution in [0.2, 0.25) is 0 Å². The first-order valence-corrected chi connectivity index (χ1v) is 9.19. The Hall–Kier alpha value is -1.82. The van der Waals surface area contributed by atoms with E-state index in [2.05, 4.69) is 5.32 Å². The van der Waals surface area contributed by atoms with Gasteiger partial charge in [0.25, 0.3) is 0 Å². The van der Waals surface area contributed by atoms with Crippen LogP contribution in [0.3, 0.4) is 0 Å². The lowest BCUT2D eigenvalue weighted by atomic mass is 10.1. The number of carbonyl (C=O) groups excluding carboxylic acids is 1. The Kier molecular flexibility index (Phi) is 5.47. The molecule has 1 amide bonds. The lowest BCUT2D eigenvalue weighted by Crippen LogP contribution is -2.45. The van der Waals surface area contributed by atoms with Gasteiger partial charge in [-0.25, -0.2) is 4.39 Å². The second-order valence-electron chi connectivity index (χ2n) is 7.23. The lowest BCUT2D eigenvalue weighted by Gasteiger charge is -2.37. The van der Waals surface area contributed by atoms with Crippen LogP contribution in [0, 0.1) is 5.82 Å². The molecule has 2 heterocycles. The van der Waals surface area contributed by atoms with Crippen LogP contribution in [-0.2, 0) is 9.53 Å². The molecule has 2 saturated heterocycles. The van der Waals surface area contributed by atoms with Crippen LogP contribution >= 0.6 is 0 Å². The summed E-state index contributed by atoms with van der Waals surface area (Å²) in [6.07, 6.45) is 2.30. The molecule has 0 spiro atoms. The molecule has 2 fully saturated rings. The zero-order valence-electron chi connectivity index (χ0n) is 15.3. The molecule has 1 aromatic carbocycles. The number of ether oxygens (including phenoxy) is 1. The Morgan fingerprint density at radius 1 is 1.24 bits per heavy atom. The van der Waals surface area contributed by atoms with Gasteiger partial charge in [-0.15, -0.1) is 0 Å². The van der Waals surface area contributed by atoms with Gasteiger partial charge in [0, 0.05) is 31.9 Å². The minimum atomic E-state index is -0.355. The zero-order chi connectivity index (χ0) is 18.0. The summed E-state index contributed by atoms with van der Waals surface area (Å²) >= 11 is 0. The Morgan fingerprint density at radius 3 is 2.48 bits per heavy atom. The van der Waals surface area contributed by atoms with Gasteiger partial charge in [-0.2, -0.15) is 0 Å². The van der Waals surface area contributed by atoms with Crippen molar-refractivity contribution in [1.82, 2.24) is 4.90 Å². The predicted octanol–water partition coefficient (Wildman–Crippen LogP) is 2.86.